The Morgan fingerprint density at radius 1 is 1.50 bits per heavy atom. The molecule has 0 aliphatic carbocycles. The third-order valence-electron chi connectivity index (χ3n) is 2.60. The number of hydrogen-bond donors (Lipinski definition) is 1. The second-order valence-corrected chi connectivity index (χ2v) is 3.77. The molecule has 1 aromatic rings. The van der Waals surface area contributed by atoms with Crippen LogP contribution in [0.15, 0.2) is 5.57 Å². The van der Waals surface area contributed by atoms with Crippen molar-refractivity contribution < 1.29 is 5.11 Å². The van der Waals surface area contributed by atoms with Crippen LogP contribution in [0.25, 0.3) is 6.08 Å². The van der Waals surface area contributed by atoms with E-state index in [2.05, 4.69) is 5.10 Å². The lowest BCUT2D eigenvalue weighted by Crippen LogP contribution is -2.00. The molecule has 3 heteroatoms. The third-order valence-corrected chi connectivity index (χ3v) is 2.60. The molecule has 0 radical (unpaired) electrons. The number of nitrogens with zero attached hydrogens (tertiary/aromatic N) is 2. The van der Waals surface area contributed by atoms with Crippen molar-refractivity contribution in [1.29, 1.82) is 0 Å². The lowest BCUT2D eigenvalue weighted by atomic mass is 10.1. The fourth-order valence-electron chi connectivity index (χ4n) is 1.35. The van der Waals surface area contributed by atoms with E-state index >= 15 is 0 Å². The van der Waals surface area contributed by atoms with Crippen LogP contribution in [0.5, 0.6) is 0 Å². The van der Waals surface area contributed by atoms with Gasteiger partial charge in [-0.15, -0.1) is 0 Å². The van der Waals surface area contributed by atoms with Crippen molar-refractivity contribution in [2.75, 3.05) is 0 Å². The maximum atomic E-state index is 9.38. The molecule has 3 nitrogen and oxygen atoms in total. The van der Waals surface area contributed by atoms with E-state index in [0.29, 0.717) is 0 Å². The van der Waals surface area contributed by atoms with Gasteiger partial charge in [0.05, 0.1) is 11.8 Å². The minimum atomic E-state index is -0.394. The highest BCUT2D eigenvalue weighted by molar-refractivity contribution is 5.57. The number of aromatic nitrogens is 2. The standard InChI is InChI=1S/C11H18N2O/c1-7(10(4)14)6-11-8(2)12-13(5)9(11)3/h6,10,14H,1-5H3/b7-6+. The predicted molar refractivity (Wildman–Crippen MR) is 58.0 cm³/mol. The van der Waals surface area contributed by atoms with Gasteiger partial charge in [0.25, 0.3) is 0 Å². The molecule has 0 aliphatic rings. The molecule has 1 N–H and O–H groups in total. The van der Waals surface area contributed by atoms with Gasteiger partial charge in [-0.2, -0.15) is 5.10 Å². The molecule has 1 atom stereocenters. The van der Waals surface area contributed by atoms with E-state index in [-0.39, 0.29) is 0 Å². The van der Waals surface area contributed by atoms with Gasteiger partial charge in [0, 0.05) is 18.3 Å². The van der Waals surface area contributed by atoms with Gasteiger partial charge >= 0.3 is 0 Å². The maximum Gasteiger partial charge on any atom is 0.0722 e. The summed E-state index contributed by atoms with van der Waals surface area (Å²) in [4.78, 5) is 0. The van der Waals surface area contributed by atoms with Gasteiger partial charge in [0.15, 0.2) is 0 Å². The fraction of sp³-hybridized carbons (Fsp3) is 0.545. The zero-order chi connectivity index (χ0) is 10.9. The number of aliphatic hydroxyl groups excluding tert-OH is 1. The molecule has 0 bridgehead atoms. The summed E-state index contributed by atoms with van der Waals surface area (Å²) in [5.41, 5.74) is 4.21. The summed E-state index contributed by atoms with van der Waals surface area (Å²) in [6.45, 7) is 7.71. The Labute approximate surface area is 85.1 Å². The molecule has 1 unspecified atom stereocenters. The average Bonchev–Trinajstić information content (AvgIpc) is 2.32. The molecular weight excluding hydrogens is 176 g/mol. The monoisotopic (exact) mass is 194 g/mol. The van der Waals surface area contributed by atoms with E-state index in [1.165, 1.54) is 0 Å². The normalized spacial score (nSPS) is 14.6. The predicted octanol–water partition coefficient (Wildman–Crippen LogP) is 1.82. The van der Waals surface area contributed by atoms with Crippen LogP contribution in [0.3, 0.4) is 0 Å². The highest BCUT2D eigenvalue weighted by Crippen LogP contribution is 2.17. The molecule has 0 aromatic carbocycles. The van der Waals surface area contributed by atoms with Gasteiger partial charge in [-0.25, -0.2) is 0 Å². The van der Waals surface area contributed by atoms with E-state index in [9.17, 15) is 5.11 Å². The summed E-state index contributed by atoms with van der Waals surface area (Å²) < 4.78 is 1.86. The zero-order valence-corrected chi connectivity index (χ0v) is 9.50. The largest absolute Gasteiger partial charge is 0.389 e. The summed E-state index contributed by atoms with van der Waals surface area (Å²) in [6, 6.07) is 0. The Morgan fingerprint density at radius 2 is 2.07 bits per heavy atom. The zero-order valence-electron chi connectivity index (χ0n) is 9.50. The second kappa shape index (κ2) is 3.96. The van der Waals surface area contributed by atoms with Crippen molar-refractivity contribution in [1.82, 2.24) is 9.78 Å². The quantitative estimate of drug-likeness (QED) is 0.780. The average molecular weight is 194 g/mol. The van der Waals surface area contributed by atoms with E-state index < -0.39 is 6.10 Å². The second-order valence-electron chi connectivity index (χ2n) is 3.77. The Hall–Kier alpha value is -1.09. The lowest BCUT2D eigenvalue weighted by Gasteiger charge is -2.04. The van der Waals surface area contributed by atoms with Crippen molar-refractivity contribution in [3.05, 3.63) is 22.5 Å². The van der Waals surface area contributed by atoms with Crippen molar-refractivity contribution in [2.45, 2.75) is 33.8 Å². The fourth-order valence-corrected chi connectivity index (χ4v) is 1.35. The Balaban J connectivity index is 3.14. The summed E-state index contributed by atoms with van der Waals surface area (Å²) in [5, 5.41) is 13.7. The highest BCUT2D eigenvalue weighted by atomic mass is 16.3. The van der Waals surface area contributed by atoms with Crippen LogP contribution in [0.2, 0.25) is 0 Å². The number of hydrogen-bond acceptors (Lipinski definition) is 2. The van der Waals surface area contributed by atoms with Crippen molar-refractivity contribution >= 4 is 6.08 Å². The minimum Gasteiger partial charge on any atom is -0.389 e. The molecule has 1 aromatic heterocycles. The van der Waals surface area contributed by atoms with Gasteiger partial charge in [-0.1, -0.05) is 0 Å². The van der Waals surface area contributed by atoms with Gasteiger partial charge in [-0.3, -0.25) is 4.68 Å². The van der Waals surface area contributed by atoms with Crippen LogP contribution in [0.4, 0.5) is 0 Å². The van der Waals surface area contributed by atoms with Crippen molar-refractivity contribution in [3.63, 3.8) is 0 Å². The summed E-state index contributed by atoms with van der Waals surface area (Å²) in [6.07, 6.45) is 1.61. The minimum absolute atomic E-state index is 0.394. The maximum absolute atomic E-state index is 9.38. The van der Waals surface area contributed by atoms with E-state index in [1.807, 2.05) is 38.6 Å². The van der Waals surface area contributed by atoms with Gasteiger partial charge in [0.1, 0.15) is 0 Å². The first-order valence-corrected chi connectivity index (χ1v) is 4.80. The highest BCUT2D eigenvalue weighted by Gasteiger charge is 2.08. The third kappa shape index (κ3) is 2.04. The first-order chi connectivity index (χ1) is 6.43. The van der Waals surface area contributed by atoms with Crippen LogP contribution < -0.4 is 0 Å². The molecule has 0 saturated heterocycles. The first-order valence-electron chi connectivity index (χ1n) is 4.80. The molecule has 0 amide bonds. The Bertz CT molecular complexity index is 362. The van der Waals surface area contributed by atoms with Crippen molar-refractivity contribution in [3.8, 4) is 0 Å². The van der Waals surface area contributed by atoms with Crippen molar-refractivity contribution in [2.24, 2.45) is 7.05 Å². The van der Waals surface area contributed by atoms with Crippen LogP contribution in [-0.4, -0.2) is 21.0 Å². The van der Waals surface area contributed by atoms with E-state index in [0.717, 1.165) is 22.5 Å². The number of rotatable bonds is 2. The summed E-state index contributed by atoms with van der Waals surface area (Å²) in [5.74, 6) is 0. The lowest BCUT2D eigenvalue weighted by molar-refractivity contribution is 0.232. The van der Waals surface area contributed by atoms with Crippen LogP contribution in [0, 0.1) is 13.8 Å². The van der Waals surface area contributed by atoms with E-state index in [1.54, 1.807) is 6.92 Å². The molecule has 0 fully saturated rings. The molecule has 78 valence electrons. The number of aryl methyl sites for hydroxylation is 2. The Morgan fingerprint density at radius 3 is 2.43 bits per heavy atom. The topological polar surface area (TPSA) is 38.0 Å². The molecule has 0 aliphatic heterocycles. The number of aliphatic hydroxyl groups is 1. The van der Waals surface area contributed by atoms with Gasteiger partial charge < -0.3 is 5.11 Å². The van der Waals surface area contributed by atoms with Gasteiger partial charge in [-0.05, 0) is 39.3 Å². The Kier molecular flexibility index (Phi) is 3.11. The van der Waals surface area contributed by atoms with E-state index in [4.69, 9.17) is 0 Å². The summed E-state index contributed by atoms with van der Waals surface area (Å²) in [7, 11) is 1.93. The smallest absolute Gasteiger partial charge is 0.0722 e. The molecule has 0 saturated carbocycles. The molecule has 14 heavy (non-hydrogen) atoms. The van der Waals surface area contributed by atoms with Crippen LogP contribution >= 0.6 is 0 Å². The molecular formula is C11H18N2O. The molecule has 0 spiro atoms. The molecule has 1 rings (SSSR count). The SMILES string of the molecule is C/C(=C\c1c(C)nn(C)c1C)C(C)O. The van der Waals surface area contributed by atoms with Crippen LogP contribution in [0.1, 0.15) is 30.8 Å². The first kappa shape index (κ1) is 11.0. The van der Waals surface area contributed by atoms with Crippen LogP contribution in [-0.2, 0) is 7.05 Å². The summed E-state index contributed by atoms with van der Waals surface area (Å²) >= 11 is 0. The molecule has 1 heterocycles. The van der Waals surface area contributed by atoms with Gasteiger partial charge in [0.2, 0.25) is 0 Å².